The van der Waals surface area contributed by atoms with Gasteiger partial charge in [0.1, 0.15) is 0 Å². The number of aliphatic imine (C=N–C) groups is 1. The summed E-state index contributed by atoms with van der Waals surface area (Å²) in [4.78, 5) is 11.4. The second kappa shape index (κ2) is 10.6. The van der Waals surface area contributed by atoms with E-state index < -0.39 is 12.7 Å². The second-order valence-corrected chi connectivity index (χ2v) is 7.48. The third kappa shape index (κ3) is 7.55. The van der Waals surface area contributed by atoms with E-state index in [1.165, 1.54) is 9.78 Å². The van der Waals surface area contributed by atoms with E-state index in [9.17, 15) is 13.2 Å². The molecule has 0 aromatic carbocycles. The highest BCUT2D eigenvalue weighted by atomic mass is 127. The largest absolute Gasteiger partial charge is 0.401 e. The molecule has 150 valence electrons. The summed E-state index contributed by atoms with van der Waals surface area (Å²) in [6, 6.07) is -0.0117. The summed E-state index contributed by atoms with van der Waals surface area (Å²) in [5.41, 5.74) is 1.15. The number of rotatable bonds is 6. The predicted octanol–water partition coefficient (Wildman–Crippen LogP) is 2.98. The molecular formula is C16H27F3IN5S. The molecule has 1 unspecified atom stereocenters. The molecule has 26 heavy (non-hydrogen) atoms. The molecule has 0 amide bonds. The zero-order chi connectivity index (χ0) is 18.4. The van der Waals surface area contributed by atoms with Crippen LogP contribution in [0.5, 0.6) is 0 Å². The number of guanidine groups is 1. The zero-order valence-corrected chi connectivity index (χ0v) is 18.5. The van der Waals surface area contributed by atoms with E-state index in [1.807, 2.05) is 0 Å². The number of alkyl halides is 3. The van der Waals surface area contributed by atoms with Crippen molar-refractivity contribution in [1.29, 1.82) is 0 Å². The fourth-order valence-electron chi connectivity index (χ4n) is 2.95. The molecule has 1 saturated heterocycles. The number of nitrogens with zero attached hydrogens (tertiary/aromatic N) is 3. The Balaban J connectivity index is 0.00000338. The Hall–Kier alpha value is -0.620. The van der Waals surface area contributed by atoms with Gasteiger partial charge < -0.3 is 10.6 Å². The van der Waals surface area contributed by atoms with Gasteiger partial charge in [-0.2, -0.15) is 13.2 Å². The minimum atomic E-state index is -4.14. The summed E-state index contributed by atoms with van der Waals surface area (Å²) in [6.45, 7) is 4.85. The average Bonchev–Trinajstić information content (AvgIpc) is 3.10. The summed E-state index contributed by atoms with van der Waals surface area (Å²) in [5, 5.41) is 7.52. The highest BCUT2D eigenvalue weighted by molar-refractivity contribution is 14.0. The van der Waals surface area contributed by atoms with Gasteiger partial charge in [-0.25, -0.2) is 4.98 Å². The first-order chi connectivity index (χ1) is 11.8. The highest BCUT2D eigenvalue weighted by Crippen LogP contribution is 2.20. The van der Waals surface area contributed by atoms with Gasteiger partial charge in [0.05, 0.1) is 17.2 Å². The van der Waals surface area contributed by atoms with Crippen molar-refractivity contribution < 1.29 is 13.2 Å². The Kier molecular flexibility index (Phi) is 9.59. The smallest absolute Gasteiger partial charge is 0.356 e. The molecule has 0 radical (unpaired) electrons. The van der Waals surface area contributed by atoms with Gasteiger partial charge in [0.2, 0.25) is 0 Å². The third-order valence-corrected chi connectivity index (χ3v) is 5.22. The molecule has 1 fully saturated rings. The normalized spacial score (nSPS) is 18.7. The zero-order valence-electron chi connectivity index (χ0n) is 15.3. The Morgan fingerprint density at radius 3 is 2.73 bits per heavy atom. The maximum atomic E-state index is 12.4. The first-order valence-electron chi connectivity index (χ1n) is 8.52. The van der Waals surface area contributed by atoms with Gasteiger partial charge in [0.25, 0.3) is 0 Å². The Morgan fingerprint density at radius 1 is 1.42 bits per heavy atom. The lowest BCUT2D eigenvalue weighted by molar-refractivity contribution is -0.143. The first kappa shape index (κ1) is 23.4. The van der Waals surface area contributed by atoms with Gasteiger partial charge in [-0.15, -0.1) is 35.3 Å². The van der Waals surface area contributed by atoms with Crippen molar-refractivity contribution in [3.05, 3.63) is 15.6 Å². The van der Waals surface area contributed by atoms with Crippen LogP contribution in [0.1, 0.15) is 28.9 Å². The van der Waals surface area contributed by atoms with Crippen LogP contribution in [0.25, 0.3) is 0 Å². The second-order valence-electron chi connectivity index (χ2n) is 6.19. The maximum Gasteiger partial charge on any atom is 0.401 e. The van der Waals surface area contributed by atoms with Gasteiger partial charge in [-0.1, -0.05) is 6.92 Å². The van der Waals surface area contributed by atoms with E-state index in [0.29, 0.717) is 32.0 Å². The number of thiazole rings is 1. The van der Waals surface area contributed by atoms with Crippen molar-refractivity contribution in [3.63, 3.8) is 0 Å². The molecule has 10 heteroatoms. The lowest BCUT2D eigenvalue weighted by Crippen LogP contribution is -2.45. The number of nitrogens with one attached hydrogen (secondary N) is 2. The van der Waals surface area contributed by atoms with Gasteiger partial charge in [-0.05, 0) is 19.8 Å². The molecule has 0 aliphatic carbocycles. The Bertz CT molecular complexity index is 591. The van der Waals surface area contributed by atoms with Crippen molar-refractivity contribution in [3.8, 4) is 0 Å². The van der Waals surface area contributed by atoms with Crippen LogP contribution in [0.2, 0.25) is 0 Å². The Labute approximate surface area is 173 Å². The van der Waals surface area contributed by atoms with Crippen molar-refractivity contribution in [1.82, 2.24) is 20.5 Å². The Morgan fingerprint density at radius 2 is 2.15 bits per heavy atom. The maximum absolute atomic E-state index is 12.4. The lowest BCUT2D eigenvalue weighted by atomic mass is 10.3. The van der Waals surface area contributed by atoms with Crippen molar-refractivity contribution in [2.75, 3.05) is 33.2 Å². The van der Waals surface area contributed by atoms with E-state index in [2.05, 4.69) is 34.5 Å². The minimum absolute atomic E-state index is 0. The molecular weight excluding hydrogens is 478 g/mol. The van der Waals surface area contributed by atoms with Crippen molar-refractivity contribution in [2.24, 2.45) is 4.99 Å². The summed E-state index contributed by atoms with van der Waals surface area (Å²) >= 11 is 1.71. The summed E-state index contributed by atoms with van der Waals surface area (Å²) in [6.07, 6.45) is -1.72. The topological polar surface area (TPSA) is 52.6 Å². The molecule has 0 spiro atoms. The number of aryl methyl sites for hydroxylation is 2. The molecule has 0 saturated carbocycles. The SMILES string of the molecule is CCc1nc(CCNC(=NC)NC2CCN(CC(F)(F)F)C2)sc1C.I. The third-order valence-electron chi connectivity index (χ3n) is 4.14. The highest BCUT2D eigenvalue weighted by Gasteiger charge is 2.34. The molecule has 2 heterocycles. The van der Waals surface area contributed by atoms with Crippen molar-refractivity contribution in [2.45, 2.75) is 45.3 Å². The number of hydrogen-bond acceptors (Lipinski definition) is 4. The van der Waals surface area contributed by atoms with Crippen molar-refractivity contribution >= 4 is 41.3 Å². The number of likely N-dealkylation sites (tertiary alicyclic amines) is 1. The fourth-order valence-corrected chi connectivity index (χ4v) is 3.97. The summed E-state index contributed by atoms with van der Waals surface area (Å²) in [5.74, 6) is 0.628. The average molecular weight is 505 g/mol. The van der Waals surface area contributed by atoms with E-state index in [0.717, 1.165) is 23.5 Å². The van der Waals surface area contributed by atoms with E-state index in [1.54, 1.807) is 18.4 Å². The predicted molar refractivity (Wildman–Crippen MR) is 111 cm³/mol. The summed E-state index contributed by atoms with van der Waals surface area (Å²) < 4.78 is 37.3. The molecule has 1 aromatic heterocycles. The van der Waals surface area contributed by atoms with Crippen LogP contribution < -0.4 is 10.6 Å². The van der Waals surface area contributed by atoms with Crippen LogP contribution in [0, 0.1) is 6.92 Å². The molecule has 1 aliphatic rings. The monoisotopic (exact) mass is 505 g/mol. The standard InChI is InChI=1S/C16H26F3N5S.HI/c1-4-13-11(2)25-14(23-13)5-7-21-15(20-3)22-12-6-8-24(9-12)10-16(17,18)19;/h12H,4-10H2,1-3H3,(H2,20,21,22);1H. The van der Waals surface area contributed by atoms with Crippen LogP contribution in [0.15, 0.2) is 4.99 Å². The molecule has 1 aromatic rings. The molecule has 1 atom stereocenters. The number of hydrogen-bond donors (Lipinski definition) is 2. The molecule has 1 aliphatic heterocycles. The lowest BCUT2D eigenvalue weighted by Gasteiger charge is -2.19. The van der Waals surface area contributed by atoms with Crippen LogP contribution in [0.4, 0.5) is 13.2 Å². The number of halogens is 4. The van der Waals surface area contributed by atoms with Gasteiger partial charge in [-0.3, -0.25) is 9.89 Å². The van der Waals surface area contributed by atoms with E-state index >= 15 is 0 Å². The van der Waals surface area contributed by atoms with Gasteiger partial charge in [0, 0.05) is 44.0 Å². The first-order valence-corrected chi connectivity index (χ1v) is 9.33. The fraction of sp³-hybridized carbons (Fsp3) is 0.750. The molecule has 2 rings (SSSR count). The van der Waals surface area contributed by atoms with Gasteiger partial charge in [0.15, 0.2) is 5.96 Å². The molecule has 2 N–H and O–H groups in total. The van der Waals surface area contributed by atoms with E-state index in [-0.39, 0.29) is 30.0 Å². The van der Waals surface area contributed by atoms with Crippen LogP contribution in [-0.4, -0.2) is 61.3 Å². The number of aromatic nitrogens is 1. The van der Waals surface area contributed by atoms with Gasteiger partial charge >= 0.3 is 6.18 Å². The van der Waals surface area contributed by atoms with Crippen LogP contribution in [0.3, 0.4) is 0 Å². The van der Waals surface area contributed by atoms with Crippen LogP contribution in [-0.2, 0) is 12.8 Å². The minimum Gasteiger partial charge on any atom is -0.356 e. The quantitative estimate of drug-likeness (QED) is 0.355. The van der Waals surface area contributed by atoms with Crippen LogP contribution >= 0.6 is 35.3 Å². The summed E-state index contributed by atoms with van der Waals surface area (Å²) in [7, 11) is 1.67. The molecule has 0 bridgehead atoms. The molecule has 5 nitrogen and oxygen atoms in total. The van der Waals surface area contributed by atoms with E-state index in [4.69, 9.17) is 0 Å².